The quantitative estimate of drug-likeness (QED) is 0.815. The fourth-order valence-electron chi connectivity index (χ4n) is 2.73. The Bertz CT molecular complexity index is 559. The molecule has 1 aromatic carbocycles. The highest BCUT2D eigenvalue weighted by Crippen LogP contribution is 2.28. The fourth-order valence-corrected chi connectivity index (χ4v) is 2.73. The zero-order valence-electron chi connectivity index (χ0n) is 11.2. The van der Waals surface area contributed by atoms with Crippen molar-refractivity contribution < 1.29 is 14.3 Å². The third-order valence-electron chi connectivity index (χ3n) is 3.71. The van der Waals surface area contributed by atoms with E-state index in [2.05, 4.69) is 0 Å². The Morgan fingerprint density at radius 1 is 1.35 bits per heavy atom. The monoisotopic (exact) mass is 275 g/mol. The molecule has 0 saturated carbocycles. The average molecular weight is 275 g/mol. The van der Waals surface area contributed by atoms with E-state index in [1.54, 1.807) is 0 Å². The molecule has 2 aliphatic heterocycles. The highest BCUT2D eigenvalue weighted by Gasteiger charge is 2.30. The molecule has 6 heteroatoms. The van der Waals surface area contributed by atoms with E-state index >= 15 is 0 Å². The summed E-state index contributed by atoms with van der Waals surface area (Å²) >= 11 is 0. The van der Waals surface area contributed by atoms with Crippen LogP contribution in [-0.2, 0) is 16.0 Å². The second kappa shape index (κ2) is 5.03. The summed E-state index contributed by atoms with van der Waals surface area (Å²) in [6.07, 6.45) is 1.41. The van der Waals surface area contributed by atoms with Crippen molar-refractivity contribution in [2.45, 2.75) is 12.8 Å². The lowest BCUT2D eigenvalue weighted by molar-refractivity contribution is -0.126. The number of carbonyl (C=O) groups excluding carboxylic acids is 2. The topological polar surface area (TPSA) is 75.9 Å². The van der Waals surface area contributed by atoms with Gasteiger partial charge in [-0.15, -0.1) is 0 Å². The minimum atomic E-state index is -0.537. The number of anilines is 2. The van der Waals surface area contributed by atoms with E-state index in [0.717, 1.165) is 36.3 Å². The van der Waals surface area contributed by atoms with Crippen molar-refractivity contribution in [3.05, 3.63) is 23.8 Å². The summed E-state index contributed by atoms with van der Waals surface area (Å²) in [5.41, 5.74) is 8.72. The number of ether oxygens (including phenoxy) is 1. The van der Waals surface area contributed by atoms with Crippen LogP contribution in [-0.4, -0.2) is 43.1 Å². The number of hydrogen-bond acceptors (Lipinski definition) is 5. The lowest BCUT2D eigenvalue weighted by Gasteiger charge is -2.31. The number of benzene rings is 1. The summed E-state index contributed by atoms with van der Waals surface area (Å²) in [6.45, 7) is 1.65. The first-order valence-corrected chi connectivity index (χ1v) is 6.75. The minimum absolute atomic E-state index is 0.200. The summed E-state index contributed by atoms with van der Waals surface area (Å²) < 4.78 is 4.79. The van der Waals surface area contributed by atoms with Crippen LogP contribution in [0.1, 0.15) is 12.0 Å². The van der Waals surface area contributed by atoms with Gasteiger partial charge in [0.05, 0.1) is 13.1 Å². The van der Waals surface area contributed by atoms with E-state index in [1.807, 2.05) is 23.1 Å². The molecular weight excluding hydrogens is 258 g/mol. The van der Waals surface area contributed by atoms with Gasteiger partial charge in [-0.25, -0.2) is 9.69 Å². The first kappa shape index (κ1) is 12.8. The molecule has 2 amide bonds. The van der Waals surface area contributed by atoms with Crippen LogP contribution in [0.3, 0.4) is 0 Å². The van der Waals surface area contributed by atoms with Gasteiger partial charge < -0.3 is 15.4 Å². The minimum Gasteiger partial charge on any atom is -0.447 e. The number of imide groups is 1. The molecule has 6 nitrogen and oxygen atoms in total. The first-order valence-electron chi connectivity index (χ1n) is 6.75. The summed E-state index contributed by atoms with van der Waals surface area (Å²) in [7, 11) is 0. The molecule has 0 aromatic heterocycles. The molecule has 20 heavy (non-hydrogen) atoms. The fraction of sp³-hybridized carbons (Fsp3) is 0.429. The number of nitrogens with zero attached hydrogens (tertiary/aromatic N) is 2. The summed E-state index contributed by atoms with van der Waals surface area (Å²) in [4.78, 5) is 26.7. The number of fused-ring (bicyclic) bond motifs is 1. The molecule has 1 saturated heterocycles. The van der Waals surface area contributed by atoms with Gasteiger partial charge >= 0.3 is 6.09 Å². The number of cyclic esters (lactones) is 1. The van der Waals surface area contributed by atoms with Gasteiger partial charge in [0, 0.05) is 17.9 Å². The lowest BCUT2D eigenvalue weighted by atomic mass is 10.0. The predicted octanol–water partition coefficient (Wildman–Crippen LogP) is 1.00. The van der Waals surface area contributed by atoms with Crippen LogP contribution in [0.25, 0.3) is 0 Å². The number of aryl methyl sites for hydroxylation is 1. The number of hydrogen-bond donors (Lipinski definition) is 1. The smallest absolute Gasteiger partial charge is 0.416 e. The summed E-state index contributed by atoms with van der Waals surface area (Å²) in [6, 6.07) is 5.74. The lowest BCUT2D eigenvalue weighted by Crippen LogP contribution is -2.42. The maximum Gasteiger partial charge on any atom is 0.416 e. The van der Waals surface area contributed by atoms with E-state index in [9.17, 15) is 9.59 Å². The number of rotatable bonds is 2. The van der Waals surface area contributed by atoms with Gasteiger partial charge in [0.2, 0.25) is 0 Å². The van der Waals surface area contributed by atoms with Gasteiger partial charge in [-0.2, -0.15) is 0 Å². The third kappa shape index (κ3) is 2.29. The van der Waals surface area contributed by atoms with Crippen molar-refractivity contribution in [3.63, 3.8) is 0 Å². The first-order chi connectivity index (χ1) is 9.65. The number of amides is 2. The Hall–Kier alpha value is -2.24. The van der Waals surface area contributed by atoms with Gasteiger partial charge in [-0.1, -0.05) is 0 Å². The van der Waals surface area contributed by atoms with Gasteiger partial charge in [0.15, 0.2) is 0 Å². The van der Waals surface area contributed by atoms with Crippen LogP contribution in [0.15, 0.2) is 18.2 Å². The summed E-state index contributed by atoms with van der Waals surface area (Å²) in [5.74, 6) is -0.211. The maximum absolute atomic E-state index is 12.2. The molecule has 0 unspecified atom stereocenters. The molecule has 0 spiro atoms. The Balaban J connectivity index is 1.76. The second-order valence-electron chi connectivity index (χ2n) is 5.07. The molecule has 2 aliphatic rings. The molecule has 0 radical (unpaired) electrons. The highest BCUT2D eigenvalue weighted by molar-refractivity contribution is 5.95. The largest absolute Gasteiger partial charge is 0.447 e. The van der Waals surface area contributed by atoms with E-state index in [-0.39, 0.29) is 19.1 Å². The zero-order valence-corrected chi connectivity index (χ0v) is 11.2. The van der Waals surface area contributed by atoms with Gasteiger partial charge in [-0.3, -0.25) is 4.79 Å². The van der Waals surface area contributed by atoms with Crippen LogP contribution in [0.2, 0.25) is 0 Å². The Labute approximate surface area is 117 Å². The number of carbonyl (C=O) groups is 2. The third-order valence-corrected chi connectivity index (χ3v) is 3.71. The molecule has 1 fully saturated rings. The van der Waals surface area contributed by atoms with E-state index in [1.165, 1.54) is 4.90 Å². The van der Waals surface area contributed by atoms with Crippen molar-refractivity contribution in [2.75, 3.05) is 36.9 Å². The molecule has 2 N–H and O–H groups in total. The average Bonchev–Trinajstić information content (AvgIpc) is 2.85. The van der Waals surface area contributed by atoms with Crippen LogP contribution < -0.4 is 10.6 Å². The van der Waals surface area contributed by atoms with Gasteiger partial charge in [-0.05, 0) is 36.6 Å². The Kier molecular flexibility index (Phi) is 3.22. The summed E-state index contributed by atoms with van der Waals surface area (Å²) in [5, 5.41) is 0. The Morgan fingerprint density at radius 3 is 2.95 bits per heavy atom. The molecule has 1 aromatic rings. The van der Waals surface area contributed by atoms with Crippen LogP contribution in [0.4, 0.5) is 16.2 Å². The van der Waals surface area contributed by atoms with E-state index in [0.29, 0.717) is 6.54 Å². The molecule has 0 aliphatic carbocycles. The van der Waals surface area contributed by atoms with Crippen LogP contribution in [0, 0.1) is 0 Å². The van der Waals surface area contributed by atoms with Crippen molar-refractivity contribution in [1.29, 1.82) is 0 Å². The second-order valence-corrected chi connectivity index (χ2v) is 5.07. The highest BCUT2D eigenvalue weighted by atomic mass is 16.6. The van der Waals surface area contributed by atoms with Crippen molar-refractivity contribution >= 4 is 23.4 Å². The molecular formula is C14H17N3O3. The predicted molar refractivity (Wildman–Crippen MR) is 74.4 cm³/mol. The van der Waals surface area contributed by atoms with Crippen molar-refractivity contribution in [2.24, 2.45) is 0 Å². The van der Waals surface area contributed by atoms with Gasteiger partial charge in [0.25, 0.3) is 5.91 Å². The SMILES string of the molecule is Nc1ccc2c(c1)CCCN2CC(=O)N1CCOC1=O. The zero-order chi connectivity index (χ0) is 14.1. The molecule has 0 atom stereocenters. The normalized spacial score (nSPS) is 17.9. The van der Waals surface area contributed by atoms with Crippen LogP contribution in [0.5, 0.6) is 0 Å². The standard InChI is InChI=1S/C14H17N3O3/c15-11-3-4-12-10(8-11)2-1-5-16(12)9-13(18)17-6-7-20-14(17)19/h3-4,8H,1-2,5-7,9,15H2. The molecule has 2 heterocycles. The Morgan fingerprint density at radius 2 is 2.20 bits per heavy atom. The number of nitrogens with two attached hydrogens (primary N) is 1. The van der Waals surface area contributed by atoms with Crippen LogP contribution >= 0.6 is 0 Å². The van der Waals surface area contributed by atoms with Crippen molar-refractivity contribution in [1.82, 2.24) is 4.90 Å². The molecule has 3 rings (SSSR count). The number of nitrogen functional groups attached to an aromatic ring is 1. The molecule has 0 bridgehead atoms. The van der Waals surface area contributed by atoms with Gasteiger partial charge in [0.1, 0.15) is 6.61 Å². The van der Waals surface area contributed by atoms with E-state index < -0.39 is 6.09 Å². The molecule has 106 valence electrons. The maximum atomic E-state index is 12.2. The van der Waals surface area contributed by atoms with Crippen molar-refractivity contribution in [3.8, 4) is 0 Å². The van der Waals surface area contributed by atoms with E-state index in [4.69, 9.17) is 10.5 Å².